The van der Waals surface area contributed by atoms with E-state index in [1.54, 1.807) is 7.11 Å². The monoisotopic (exact) mass is 419 g/mol. The molecule has 1 fully saturated rings. The number of hydrogen-bond donors (Lipinski definition) is 2. The van der Waals surface area contributed by atoms with Crippen LogP contribution in [0.2, 0.25) is 0 Å². The third-order valence-corrected chi connectivity index (χ3v) is 5.22. The lowest BCUT2D eigenvalue weighted by molar-refractivity contribution is -0.192. The van der Waals surface area contributed by atoms with E-state index in [0.29, 0.717) is 19.2 Å². The number of carboxylic acids is 1. The summed E-state index contributed by atoms with van der Waals surface area (Å²) in [6.45, 7) is 3.78. The number of fused-ring (bicyclic) bond motifs is 1. The van der Waals surface area contributed by atoms with Crippen molar-refractivity contribution in [1.29, 1.82) is 0 Å². The highest BCUT2D eigenvalue weighted by atomic mass is 19.4. The minimum Gasteiger partial charge on any atom is -0.475 e. The number of aliphatic carboxylic acids is 1. The number of methoxy groups -OCH3 is 1. The predicted octanol–water partition coefficient (Wildman–Crippen LogP) is 2.26. The van der Waals surface area contributed by atoms with Crippen LogP contribution in [0.1, 0.15) is 31.4 Å². The molecule has 1 unspecified atom stereocenters. The van der Waals surface area contributed by atoms with E-state index in [-0.39, 0.29) is 11.8 Å². The topological polar surface area (TPSA) is 83.8 Å². The molecule has 1 saturated carbocycles. The summed E-state index contributed by atoms with van der Waals surface area (Å²) in [5.74, 6) is -2.58. The van der Waals surface area contributed by atoms with Crippen LogP contribution in [0, 0.1) is 5.92 Å². The second-order valence-electron chi connectivity index (χ2n) is 7.30. The largest absolute Gasteiger partial charge is 0.490 e. The van der Waals surface area contributed by atoms with E-state index in [2.05, 4.69) is 33.1 Å². The molecule has 1 aliphatic carbocycles. The Kier molecular flexibility index (Phi) is 8.51. The van der Waals surface area contributed by atoms with Crippen molar-refractivity contribution in [2.75, 3.05) is 26.8 Å². The summed E-state index contributed by atoms with van der Waals surface area (Å²) in [5, 5.41) is 10.1. The Morgan fingerprint density at radius 1 is 1.28 bits per heavy atom. The van der Waals surface area contributed by atoms with Gasteiger partial charge in [0.1, 0.15) is 0 Å². The van der Waals surface area contributed by atoms with Crippen LogP contribution in [0.3, 0.4) is 0 Å². The Balaban J connectivity index is 0.000000370. The number of ether oxygens (including phenoxy) is 1. The number of halogens is 3. The zero-order valence-corrected chi connectivity index (χ0v) is 16.5. The number of aromatic nitrogens is 1. The van der Waals surface area contributed by atoms with Crippen LogP contribution in [-0.2, 0) is 27.4 Å². The van der Waals surface area contributed by atoms with Crippen LogP contribution in [0.15, 0.2) is 18.3 Å². The van der Waals surface area contributed by atoms with Crippen LogP contribution >= 0.6 is 0 Å². The van der Waals surface area contributed by atoms with Crippen LogP contribution in [0.25, 0.3) is 0 Å². The molecule has 7 nitrogen and oxygen atoms in total. The molecule has 0 aromatic carbocycles. The minimum atomic E-state index is -5.08. The van der Waals surface area contributed by atoms with Crippen LogP contribution in [-0.4, -0.2) is 65.5 Å². The zero-order valence-electron chi connectivity index (χ0n) is 16.5. The fourth-order valence-corrected chi connectivity index (χ4v) is 3.76. The number of carboxylic acid groups (broad SMARTS) is 1. The molecule has 2 aliphatic rings. The number of rotatable bonds is 5. The fourth-order valence-electron chi connectivity index (χ4n) is 3.76. The number of hydrogen-bond acceptors (Lipinski definition) is 4. The molecule has 0 radical (unpaired) electrons. The lowest BCUT2D eigenvalue weighted by Crippen LogP contribution is -2.42. The smallest absolute Gasteiger partial charge is 0.475 e. The van der Waals surface area contributed by atoms with Gasteiger partial charge in [-0.3, -0.25) is 9.69 Å². The first-order valence-electron chi connectivity index (χ1n) is 9.67. The van der Waals surface area contributed by atoms with E-state index in [4.69, 9.17) is 14.6 Å². The highest BCUT2D eigenvalue weighted by molar-refractivity contribution is 5.78. The SMILES string of the molecule is COCCNC(=O)C1CN(C2CCCC2)Cc2cccn2C1.O=C(O)C(F)(F)F. The van der Waals surface area contributed by atoms with Crippen molar-refractivity contribution in [3.63, 3.8) is 0 Å². The number of amides is 1. The Morgan fingerprint density at radius 2 is 1.93 bits per heavy atom. The van der Waals surface area contributed by atoms with Gasteiger partial charge in [0.15, 0.2) is 0 Å². The van der Waals surface area contributed by atoms with Crippen LogP contribution < -0.4 is 5.32 Å². The second kappa shape index (κ2) is 10.6. The van der Waals surface area contributed by atoms with Gasteiger partial charge in [0.05, 0.1) is 12.5 Å². The molecule has 1 atom stereocenters. The van der Waals surface area contributed by atoms with Crippen molar-refractivity contribution in [3.8, 4) is 0 Å². The number of alkyl halides is 3. The zero-order chi connectivity index (χ0) is 21.4. The maximum atomic E-state index is 12.5. The molecule has 0 spiro atoms. The molecule has 2 heterocycles. The molecule has 10 heteroatoms. The maximum absolute atomic E-state index is 12.5. The van der Waals surface area contributed by atoms with Crippen molar-refractivity contribution in [1.82, 2.24) is 14.8 Å². The van der Waals surface area contributed by atoms with Gasteiger partial charge in [-0.2, -0.15) is 13.2 Å². The van der Waals surface area contributed by atoms with Gasteiger partial charge in [-0.05, 0) is 25.0 Å². The van der Waals surface area contributed by atoms with Gasteiger partial charge in [-0.1, -0.05) is 12.8 Å². The van der Waals surface area contributed by atoms with Gasteiger partial charge in [0, 0.05) is 51.2 Å². The Bertz CT molecular complexity index is 672. The van der Waals surface area contributed by atoms with Gasteiger partial charge in [-0.15, -0.1) is 0 Å². The van der Waals surface area contributed by atoms with E-state index in [1.165, 1.54) is 31.4 Å². The highest BCUT2D eigenvalue weighted by Crippen LogP contribution is 2.28. The van der Waals surface area contributed by atoms with Gasteiger partial charge in [-0.25, -0.2) is 4.79 Å². The molecule has 3 rings (SSSR count). The van der Waals surface area contributed by atoms with Crippen LogP contribution in [0.5, 0.6) is 0 Å². The molecule has 29 heavy (non-hydrogen) atoms. The maximum Gasteiger partial charge on any atom is 0.490 e. The average molecular weight is 419 g/mol. The van der Waals surface area contributed by atoms with Crippen molar-refractivity contribution in [2.24, 2.45) is 5.92 Å². The predicted molar refractivity (Wildman–Crippen MR) is 99.2 cm³/mol. The molecule has 164 valence electrons. The summed E-state index contributed by atoms with van der Waals surface area (Å²) in [4.78, 5) is 23.9. The fraction of sp³-hybridized carbons (Fsp3) is 0.684. The van der Waals surface area contributed by atoms with Crippen molar-refractivity contribution in [3.05, 3.63) is 24.0 Å². The third-order valence-electron chi connectivity index (χ3n) is 5.22. The average Bonchev–Trinajstić information content (AvgIpc) is 3.30. The third kappa shape index (κ3) is 7.04. The van der Waals surface area contributed by atoms with Gasteiger partial charge >= 0.3 is 12.1 Å². The van der Waals surface area contributed by atoms with E-state index in [1.807, 2.05) is 0 Å². The first kappa shape index (κ1) is 23.2. The molecule has 1 aromatic rings. The van der Waals surface area contributed by atoms with E-state index in [0.717, 1.165) is 19.6 Å². The molecule has 2 N–H and O–H groups in total. The second-order valence-corrected chi connectivity index (χ2v) is 7.30. The molecule has 1 amide bonds. The summed E-state index contributed by atoms with van der Waals surface area (Å²) in [5.41, 5.74) is 1.33. The van der Waals surface area contributed by atoms with Crippen LogP contribution in [0.4, 0.5) is 13.2 Å². The molecular formula is C19H28F3N3O4. The number of nitrogens with one attached hydrogen (secondary N) is 1. The highest BCUT2D eigenvalue weighted by Gasteiger charge is 2.38. The van der Waals surface area contributed by atoms with Gasteiger partial charge in [0.25, 0.3) is 0 Å². The molecule has 0 bridgehead atoms. The summed E-state index contributed by atoms with van der Waals surface area (Å²) in [7, 11) is 1.66. The lowest BCUT2D eigenvalue weighted by Gasteiger charge is -2.29. The van der Waals surface area contributed by atoms with Crippen molar-refractivity contribution < 1.29 is 32.6 Å². The minimum absolute atomic E-state index is 0.0195. The summed E-state index contributed by atoms with van der Waals surface area (Å²) >= 11 is 0. The van der Waals surface area contributed by atoms with Crippen molar-refractivity contribution >= 4 is 11.9 Å². The molecule has 0 saturated heterocycles. The Morgan fingerprint density at radius 3 is 2.52 bits per heavy atom. The normalized spacial score (nSPS) is 20.3. The summed E-state index contributed by atoms with van der Waals surface area (Å²) < 4.78 is 39.0. The molecule has 1 aliphatic heterocycles. The standard InChI is InChI=1S/C17H27N3O2.C2HF3O2/c1-22-10-8-18-17(21)14-11-19-9-4-7-16(19)13-20(12-14)15-5-2-3-6-15;3-2(4,5)1(6)7/h4,7,9,14-15H,2-3,5-6,8,10-13H2,1H3,(H,18,21);(H,6,7). The Labute approximate surface area is 167 Å². The quantitative estimate of drug-likeness (QED) is 0.716. The number of carbonyl (C=O) groups is 2. The van der Waals surface area contributed by atoms with E-state index >= 15 is 0 Å². The summed E-state index contributed by atoms with van der Waals surface area (Å²) in [6, 6.07) is 4.93. The van der Waals surface area contributed by atoms with Gasteiger partial charge in [0.2, 0.25) is 5.91 Å². The Hall–Kier alpha value is -2.07. The first-order chi connectivity index (χ1) is 13.7. The summed E-state index contributed by atoms with van der Waals surface area (Å²) in [6.07, 6.45) is 2.22. The molecule has 1 aromatic heterocycles. The van der Waals surface area contributed by atoms with E-state index < -0.39 is 12.1 Å². The lowest BCUT2D eigenvalue weighted by atomic mass is 10.1. The van der Waals surface area contributed by atoms with Gasteiger partial charge < -0.3 is 19.7 Å². The van der Waals surface area contributed by atoms with E-state index in [9.17, 15) is 18.0 Å². The number of carbonyl (C=O) groups excluding carboxylic acids is 1. The number of nitrogens with zero attached hydrogens (tertiary/aromatic N) is 2. The molecular weight excluding hydrogens is 391 g/mol. The van der Waals surface area contributed by atoms with Crippen molar-refractivity contribution in [2.45, 2.75) is 51.0 Å². The first-order valence-corrected chi connectivity index (χ1v) is 9.67.